The predicted octanol–water partition coefficient (Wildman–Crippen LogP) is 3.23. The lowest BCUT2D eigenvalue weighted by atomic mass is 9.96. The zero-order valence-corrected chi connectivity index (χ0v) is 13.0. The number of nitrogens with two attached hydrogens (primary N) is 1. The van der Waals surface area contributed by atoms with Gasteiger partial charge in [-0.05, 0) is 36.8 Å². The quantitative estimate of drug-likeness (QED) is 0.690. The van der Waals surface area contributed by atoms with E-state index in [0.717, 1.165) is 27.6 Å². The summed E-state index contributed by atoms with van der Waals surface area (Å²) in [5.41, 5.74) is 10.5. The van der Waals surface area contributed by atoms with E-state index in [1.165, 1.54) is 13.2 Å². The van der Waals surface area contributed by atoms with E-state index < -0.39 is 12.0 Å². The first-order valence-electron chi connectivity index (χ1n) is 7.25. The van der Waals surface area contributed by atoms with Gasteiger partial charge in [0.2, 0.25) is 0 Å². The maximum atomic E-state index is 11.1. The Bertz CT molecular complexity index is 883. The van der Waals surface area contributed by atoms with Gasteiger partial charge in [0.05, 0.1) is 18.7 Å². The van der Waals surface area contributed by atoms with Gasteiger partial charge in [0.1, 0.15) is 5.75 Å². The summed E-state index contributed by atoms with van der Waals surface area (Å²) in [6.07, 6.45) is 1.89. The fourth-order valence-corrected chi connectivity index (χ4v) is 2.78. The standard InChI is InChI=1S/C18H18N2O3/c1-10-3-6-15-13(7-10)14(9-20-15)17(19)12-5-4-11(18(21)22)8-16(12)23-2/h3-9,17,20H,19H2,1-2H3,(H,21,22). The number of methoxy groups -OCH3 is 1. The van der Waals surface area contributed by atoms with Crippen molar-refractivity contribution in [2.75, 3.05) is 7.11 Å². The zero-order valence-electron chi connectivity index (χ0n) is 13.0. The van der Waals surface area contributed by atoms with Crippen LogP contribution in [0.4, 0.5) is 0 Å². The molecule has 5 nitrogen and oxygen atoms in total. The molecular weight excluding hydrogens is 292 g/mol. The Kier molecular flexibility index (Phi) is 3.80. The lowest BCUT2D eigenvalue weighted by molar-refractivity contribution is 0.0696. The van der Waals surface area contributed by atoms with Crippen LogP contribution in [-0.2, 0) is 0 Å². The average Bonchev–Trinajstić information content (AvgIpc) is 2.96. The van der Waals surface area contributed by atoms with Crippen molar-refractivity contribution >= 4 is 16.9 Å². The highest BCUT2D eigenvalue weighted by molar-refractivity contribution is 5.88. The molecule has 1 heterocycles. The highest BCUT2D eigenvalue weighted by Gasteiger charge is 2.19. The molecule has 1 atom stereocenters. The fourth-order valence-electron chi connectivity index (χ4n) is 2.78. The molecule has 1 unspecified atom stereocenters. The molecule has 0 saturated carbocycles. The lowest BCUT2D eigenvalue weighted by Gasteiger charge is -2.16. The number of carboxylic acid groups (broad SMARTS) is 1. The number of aromatic amines is 1. The second-order valence-electron chi connectivity index (χ2n) is 5.53. The third-order valence-corrected chi connectivity index (χ3v) is 4.02. The first-order valence-corrected chi connectivity index (χ1v) is 7.25. The van der Waals surface area contributed by atoms with Crippen molar-refractivity contribution in [3.63, 3.8) is 0 Å². The molecule has 0 aliphatic carbocycles. The van der Waals surface area contributed by atoms with Gasteiger partial charge in [-0.25, -0.2) is 4.79 Å². The van der Waals surface area contributed by atoms with E-state index in [-0.39, 0.29) is 5.56 Å². The minimum atomic E-state index is -0.994. The van der Waals surface area contributed by atoms with Crippen LogP contribution in [0.5, 0.6) is 5.75 Å². The highest BCUT2D eigenvalue weighted by Crippen LogP contribution is 2.33. The van der Waals surface area contributed by atoms with Crippen LogP contribution in [0.15, 0.2) is 42.6 Å². The van der Waals surface area contributed by atoms with Crippen molar-refractivity contribution in [2.45, 2.75) is 13.0 Å². The van der Waals surface area contributed by atoms with Crippen LogP contribution in [0.1, 0.15) is 33.1 Å². The van der Waals surface area contributed by atoms with Crippen molar-refractivity contribution in [2.24, 2.45) is 5.73 Å². The summed E-state index contributed by atoms with van der Waals surface area (Å²) in [7, 11) is 1.51. The van der Waals surface area contributed by atoms with Crippen LogP contribution in [0.2, 0.25) is 0 Å². The first-order chi connectivity index (χ1) is 11.0. The summed E-state index contributed by atoms with van der Waals surface area (Å²) in [4.78, 5) is 14.3. The Balaban J connectivity index is 2.10. The Morgan fingerprint density at radius 1 is 1.22 bits per heavy atom. The molecule has 4 N–H and O–H groups in total. The van der Waals surface area contributed by atoms with Gasteiger partial charge in [-0.1, -0.05) is 17.7 Å². The summed E-state index contributed by atoms with van der Waals surface area (Å²) < 4.78 is 5.34. The number of aromatic nitrogens is 1. The van der Waals surface area contributed by atoms with E-state index in [0.29, 0.717) is 5.75 Å². The number of H-pyrrole nitrogens is 1. The van der Waals surface area contributed by atoms with Crippen molar-refractivity contribution < 1.29 is 14.6 Å². The Morgan fingerprint density at radius 3 is 2.70 bits per heavy atom. The maximum absolute atomic E-state index is 11.1. The fraction of sp³-hybridized carbons (Fsp3) is 0.167. The Morgan fingerprint density at radius 2 is 2.00 bits per heavy atom. The van der Waals surface area contributed by atoms with Crippen LogP contribution in [0.25, 0.3) is 10.9 Å². The molecule has 118 valence electrons. The van der Waals surface area contributed by atoms with Crippen molar-refractivity contribution in [1.29, 1.82) is 0 Å². The number of benzene rings is 2. The topological polar surface area (TPSA) is 88.3 Å². The third-order valence-electron chi connectivity index (χ3n) is 4.02. The molecule has 0 bridgehead atoms. The molecule has 0 amide bonds. The van der Waals surface area contributed by atoms with Crippen LogP contribution >= 0.6 is 0 Å². The van der Waals surface area contributed by atoms with Crippen molar-refractivity contribution in [1.82, 2.24) is 4.98 Å². The predicted molar refractivity (Wildman–Crippen MR) is 89.0 cm³/mol. The molecule has 1 aromatic heterocycles. The maximum Gasteiger partial charge on any atom is 0.335 e. The third kappa shape index (κ3) is 2.66. The van der Waals surface area contributed by atoms with Gasteiger partial charge in [-0.3, -0.25) is 0 Å². The van der Waals surface area contributed by atoms with Gasteiger partial charge in [0.15, 0.2) is 0 Å². The van der Waals surface area contributed by atoms with Gasteiger partial charge in [-0.2, -0.15) is 0 Å². The van der Waals surface area contributed by atoms with Gasteiger partial charge in [-0.15, -0.1) is 0 Å². The molecule has 3 aromatic rings. The molecule has 3 rings (SSSR count). The smallest absolute Gasteiger partial charge is 0.335 e. The normalized spacial score (nSPS) is 12.3. The Labute approximate surface area is 133 Å². The first kappa shape index (κ1) is 15.1. The number of hydrogen-bond donors (Lipinski definition) is 3. The molecule has 0 radical (unpaired) electrons. The lowest BCUT2D eigenvalue weighted by Crippen LogP contribution is -2.13. The molecule has 0 spiro atoms. The van der Waals surface area contributed by atoms with Crippen LogP contribution in [0.3, 0.4) is 0 Å². The number of hydrogen-bond acceptors (Lipinski definition) is 3. The largest absolute Gasteiger partial charge is 0.496 e. The van der Waals surface area contributed by atoms with Gasteiger partial charge in [0.25, 0.3) is 0 Å². The SMILES string of the molecule is COc1cc(C(=O)O)ccc1C(N)c1c[nH]c2ccc(C)cc12. The Hall–Kier alpha value is -2.79. The van der Waals surface area contributed by atoms with E-state index in [4.69, 9.17) is 15.6 Å². The van der Waals surface area contributed by atoms with E-state index in [2.05, 4.69) is 11.1 Å². The number of nitrogens with one attached hydrogen (secondary N) is 1. The molecule has 5 heteroatoms. The summed E-state index contributed by atoms with van der Waals surface area (Å²) in [5.74, 6) is -0.523. The van der Waals surface area contributed by atoms with Gasteiger partial charge < -0.3 is 20.6 Å². The summed E-state index contributed by atoms with van der Waals surface area (Å²) in [6, 6.07) is 10.5. The number of rotatable bonds is 4. The second-order valence-corrected chi connectivity index (χ2v) is 5.53. The zero-order chi connectivity index (χ0) is 16.6. The van der Waals surface area contributed by atoms with E-state index in [1.54, 1.807) is 12.1 Å². The van der Waals surface area contributed by atoms with Crippen molar-refractivity contribution in [3.8, 4) is 5.75 Å². The monoisotopic (exact) mass is 310 g/mol. The molecule has 0 saturated heterocycles. The summed E-state index contributed by atoms with van der Waals surface area (Å²) >= 11 is 0. The number of aryl methyl sites for hydroxylation is 1. The highest BCUT2D eigenvalue weighted by atomic mass is 16.5. The molecule has 0 aliphatic rings. The molecular formula is C18H18N2O3. The minimum absolute atomic E-state index is 0.174. The molecule has 2 aromatic carbocycles. The second kappa shape index (κ2) is 5.78. The van der Waals surface area contributed by atoms with Gasteiger partial charge >= 0.3 is 5.97 Å². The number of aromatic carboxylic acids is 1. The van der Waals surface area contributed by atoms with E-state index >= 15 is 0 Å². The molecule has 0 fully saturated rings. The number of carboxylic acids is 1. The average molecular weight is 310 g/mol. The van der Waals surface area contributed by atoms with Gasteiger partial charge in [0, 0.05) is 22.7 Å². The summed E-state index contributed by atoms with van der Waals surface area (Å²) in [5, 5.41) is 10.2. The van der Waals surface area contributed by atoms with Crippen LogP contribution in [0, 0.1) is 6.92 Å². The van der Waals surface area contributed by atoms with Crippen LogP contribution < -0.4 is 10.5 Å². The number of ether oxygens (including phenoxy) is 1. The molecule has 0 aliphatic heterocycles. The minimum Gasteiger partial charge on any atom is -0.496 e. The summed E-state index contributed by atoms with van der Waals surface area (Å²) in [6.45, 7) is 2.03. The van der Waals surface area contributed by atoms with Crippen molar-refractivity contribution in [3.05, 3.63) is 64.8 Å². The molecule has 23 heavy (non-hydrogen) atoms. The number of fused-ring (bicyclic) bond motifs is 1. The van der Waals surface area contributed by atoms with E-state index in [9.17, 15) is 4.79 Å². The van der Waals surface area contributed by atoms with E-state index in [1.807, 2.05) is 25.3 Å². The number of carbonyl (C=O) groups is 1. The van der Waals surface area contributed by atoms with Crippen LogP contribution in [-0.4, -0.2) is 23.2 Å².